The van der Waals surface area contributed by atoms with Gasteiger partial charge in [0.05, 0.1) is 6.54 Å². The van der Waals surface area contributed by atoms with Gasteiger partial charge in [0.25, 0.3) is 0 Å². The number of benzene rings is 1. The number of hydrogen-bond donors (Lipinski definition) is 1. The number of carbonyl (C=O) groups is 2. The molecule has 1 aliphatic rings. The fourth-order valence-corrected chi connectivity index (χ4v) is 2.48. The lowest BCUT2D eigenvalue weighted by Gasteiger charge is -2.39. The molecule has 108 valence electrons. The molecule has 4 nitrogen and oxygen atoms in total. The molecular weight excluding hydrogens is 252 g/mol. The summed E-state index contributed by atoms with van der Waals surface area (Å²) in [7, 11) is 0. The molecule has 0 spiro atoms. The summed E-state index contributed by atoms with van der Waals surface area (Å²) in [6, 6.07) is 6.15. The van der Waals surface area contributed by atoms with Crippen LogP contribution < -0.4 is 5.32 Å². The van der Waals surface area contributed by atoms with E-state index >= 15 is 0 Å². The van der Waals surface area contributed by atoms with E-state index in [1.165, 1.54) is 11.1 Å². The van der Waals surface area contributed by atoms with Crippen molar-refractivity contribution in [3.8, 4) is 0 Å². The Kier molecular flexibility index (Phi) is 3.84. The Bertz CT molecular complexity index is 553. The minimum Gasteiger partial charge on any atom is -0.340 e. The van der Waals surface area contributed by atoms with Crippen molar-refractivity contribution in [3.05, 3.63) is 34.9 Å². The predicted molar refractivity (Wildman–Crippen MR) is 78.2 cm³/mol. The largest absolute Gasteiger partial charge is 0.340 e. The van der Waals surface area contributed by atoms with Gasteiger partial charge in [-0.15, -0.1) is 0 Å². The van der Waals surface area contributed by atoms with E-state index in [1.54, 1.807) is 11.8 Å². The number of amides is 2. The van der Waals surface area contributed by atoms with Gasteiger partial charge in [-0.2, -0.15) is 0 Å². The number of aryl methyl sites for hydroxylation is 2. The molecule has 1 atom stereocenters. The van der Waals surface area contributed by atoms with Gasteiger partial charge in [0.1, 0.15) is 5.54 Å². The summed E-state index contributed by atoms with van der Waals surface area (Å²) in [6.45, 7) is 8.45. The smallest absolute Gasteiger partial charge is 0.248 e. The van der Waals surface area contributed by atoms with E-state index in [2.05, 4.69) is 31.3 Å². The Balaban J connectivity index is 2.21. The number of rotatable bonds is 3. The lowest BCUT2D eigenvalue weighted by Crippen LogP contribution is -2.64. The summed E-state index contributed by atoms with van der Waals surface area (Å²) in [5, 5.41) is 2.80. The predicted octanol–water partition coefficient (Wildman–Crippen LogP) is 1.93. The van der Waals surface area contributed by atoms with E-state index < -0.39 is 5.54 Å². The van der Waals surface area contributed by atoms with Crippen molar-refractivity contribution in [3.63, 3.8) is 0 Å². The zero-order valence-electron chi connectivity index (χ0n) is 12.6. The molecule has 1 aromatic carbocycles. The summed E-state index contributed by atoms with van der Waals surface area (Å²) in [6.07, 6.45) is 0.598. The van der Waals surface area contributed by atoms with Gasteiger partial charge in [0.15, 0.2) is 0 Å². The van der Waals surface area contributed by atoms with Crippen LogP contribution >= 0.6 is 0 Å². The summed E-state index contributed by atoms with van der Waals surface area (Å²) in [5.74, 6) is -0.0874. The van der Waals surface area contributed by atoms with Gasteiger partial charge in [-0.1, -0.05) is 25.1 Å². The second-order valence-electron chi connectivity index (χ2n) is 5.81. The second-order valence-corrected chi connectivity index (χ2v) is 5.81. The van der Waals surface area contributed by atoms with Crippen LogP contribution in [0.2, 0.25) is 0 Å². The SMILES string of the molecule is CCC1(C)NC(=O)CN(Cc2ccc(C)c(C)c2)C1=O. The first-order valence-electron chi connectivity index (χ1n) is 7.02. The highest BCUT2D eigenvalue weighted by Gasteiger charge is 2.41. The number of carbonyl (C=O) groups excluding carboxylic acids is 2. The van der Waals surface area contributed by atoms with Crippen molar-refractivity contribution in [1.82, 2.24) is 10.2 Å². The average molecular weight is 274 g/mol. The third kappa shape index (κ3) is 2.69. The zero-order valence-corrected chi connectivity index (χ0v) is 12.6. The molecule has 0 radical (unpaired) electrons. The van der Waals surface area contributed by atoms with Crippen molar-refractivity contribution in [1.29, 1.82) is 0 Å². The van der Waals surface area contributed by atoms with E-state index in [1.807, 2.05) is 13.0 Å². The second kappa shape index (κ2) is 5.27. The monoisotopic (exact) mass is 274 g/mol. The van der Waals surface area contributed by atoms with Gasteiger partial charge in [-0.3, -0.25) is 9.59 Å². The van der Waals surface area contributed by atoms with Crippen LogP contribution in [0.5, 0.6) is 0 Å². The Morgan fingerprint density at radius 3 is 2.55 bits per heavy atom. The molecule has 0 bridgehead atoms. The van der Waals surface area contributed by atoms with Crippen LogP contribution in [0.15, 0.2) is 18.2 Å². The van der Waals surface area contributed by atoms with Gasteiger partial charge in [0, 0.05) is 6.54 Å². The molecule has 1 aromatic rings. The number of piperazine rings is 1. The molecule has 4 heteroatoms. The highest BCUT2D eigenvalue weighted by atomic mass is 16.2. The van der Waals surface area contributed by atoms with Crippen LogP contribution in [0.25, 0.3) is 0 Å². The fourth-order valence-electron chi connectivity index (χ4n) is 2.48. The lowest BCUT2D eigenvalue weighted by atomic mass is 9.94. The Labute approximate surface area is 120 Å². The molecule has 1 heterocycles. The molecule has 2 amide bonds. The molecule has 1 fully saturated rings. The van der Waals surface area contributed by atoms with Gasteiger partial charge < -0.3 is 10.2 Å². The fraction of sp³-hybridized carbons (Fsp3) is 0.500. The van der Waals surface area contributed by atoms with Gasteiger partial charge in [0.2, 0.25) is 11.8 Å². The van der Waals surface area contributed by atoms with Crippen LogP contribution in [0.1, 0.15) is 37.0 Å². The molecule has 1 aliphatic heterocycles. The average Bonchev–Trinajstić information content (AvgIpc) is 2.40. The first-order chi connectivity index (χ1) is 9.35. The maximum absolute atomic E-state index is 12.5. The molecule has 20 heavy (non-hydrogen) atoms. The molecule has 2 rings (SSSR count). The van der Waals surface area contributed by atoms with E-state index in [0.717, 1.165) is 5.56 Å². The summed E-state index contributed by atoms with van der Waals surface area (Å²) in [4.78, 5) is 25.9. The maximum Gasteiger partial charge on any atom is 0.248 e. The number of nitrogens with one attached hydrogen (secondary N) is 1. The van der Waals surface area contributed by atoms with Crippen molar-refractivity contribution < 1.29 is 9.59 Å². The molecular formula is C16H22N2O2. The highest BCUT2D eigenvalue weighted by Crippen LogP contribution is 2.20. The normalized spacial score (nSPS) is 22.9. The molecule has 1 saturated heterocycles. The minimum atomic E-state index is -0.769. The van der Waals surface area contributed by atoms with Crippen LogP contribution in [0.4, 0.5) is 0 Å². The highest BCUT2D eigenvalue weighted by molar-refractivity contribution is 5.97. The van der Waals surface area contributed by atoms with Gasteiger partial charge in [-0.05, 0) is 43.9 Å². The zero-order chi connectivity index (χ0) is 14.9. The van der Waals surface area contributed by atoms with E-state index in [9.17, 15) is 9.59 Å². The van der Waals surface area contributed by atoms with E-state index in [0.29, 0.717) is 13.0 Å². The molecule has 1 unspecified atom stereocenters. The van der Waals surface area contributed by atoms with Crippen LogP contribution in [-0.2, 0) is 16.1 Å². The quantitative estimate of drug-likeness (QED) is 0.915. The standard InChI is InChI=1S/C16H22N2O2/c1-5-16(4)15(20)18(10-14(19)17-16)9-13-7-6-11(2)12(3)8-13/h6-8H,5,9-10H2,1-4H3,(H,17,19). The first kappa shape index (κ1) is 14.6. The molecule has 0 saturated carbocycles. The van der Waals surface area contributed by atoms with E-state index in [-0.39, 0.29) is 18.4 Å². The number of nitrogens with zero attached hydrogens (tertiary/aromatic N) is 1. The Hall–Kier alpha value is -1.84. The van der Waals surface area contributed by atoms with Gasteiger partial charge in [-0.25, -0.2) is 0 Å². The maximum atomic E-state index is 12.5. The van der Waals surface area contributed by atoms with Crippen molar-refractivity contribution in [2.45, 2.75) is 46.2 Å². The van der Waals surface area contributed by atoms with Gasteiger partial charge >= 0.3 is 0 Å². The molecule has 0 aliphatic carbocycles. The molecule has 1 N–H and O–H groups in total. The van der Waals surface area contributed by atoms with Crippen molar-refractivity contribution in [2.24, 2.45) is 0 Å². The summed E-state index contributed by atoms with van der Waals surface area (Å²) < 4.78 is 0. The Morgan fingerprint density at radius 1 is 1.25 bits per heavy atom. The minimum absolute atomic E-state index is 0.00201. The van der Waals surface area contributed by atoms with Crippen LogP contribution in [0, 0.1) is 13.8 Å². The van der Waals surface area contributed by atoms with Crippen molar-refractivity contribution in [2.75, 3.05) is 6.54 Å². The third-order valence-corrected chi connectivity index (χ3v) is 4.16. The van der Waals surface area contributed by atoms with E-state index in [4.69, 9.17) is 0 Å². The van der Waals surface area contributed by atoms with Crippen molar-refractivity contribution >= 4 is 11.8 Å². The first-order valence-corrected chi connectivity index (χ1v) is 7.02. The Morgan fingerprint density at radius 2 is 1.95 bits per heavy atom. The lowest BCUT2D eigenvalue weighted by molar-refractivity contribution is -0.149. The molecule has 0 aromatic heterocycles. The number of hydrogen-bond acceptors (Lipinski definition) is 2. The van der Waals surface area contributed by atoms with Crippen LogP contribution in [0.3, 0.4) is 0 Å². The topological polar surface area (TPSA) is 49.4 Å². The van der Waals surface area contributed by atoms with Crippen LogP contribution in [-0.4, -0.2) is 28.8 Å². The summed E-state index contributed by atoms with van der Waals surface area (Å²) in [5.41, 5.74) is 2.73. The third-order valence-electron chi connectivity index (χ3n) is 4.16. The summed E-state index contributed by atoms with van der Waals surface area (Å²) >= 11 is 0.